The summed E-state index contributed by atoms with van der Waals surface area (Å²) >= 11 is 0. The Bertz CT molecular complexity index is 572. The molecule has 8 nitrogen and oxygen atoms in total. The van der Waals surface area contributed by atoms with Crippen molar-refractivity contribution in [3.63, 3.8) is 0 Å². The van der Waals surface area contributed by atoms with Gasteiger partial charge in [-0.05, 0) is 38.8 Å². The molecule has 0 atom stereocenters. The van der Waals surface area contributed by atoms with Crippen LogP contribution in [0.3, 0.4) is 0 Å². The number of carbonyl (C=O) groups excluding carboxylic acids is 3. The second-order valence-corrected chi connectivity index (χ2v) is 6.41. The molecule has 1 N–H and O–H groups in total. The van der Waals surface area contributed by atoms with Gasteiger partial charge in [0.15, 0.2) is 11.6 Å². The molecule has 0 spiro atoms. The number of hydrogen-bond donors (Lipinski definition) is 1. The maximum atomic E-state index is 12.0. The van der Waals surface area contributed by atoms with Gasteiger partial charge in [0.2, 0.25) is 0 Å². The summed E-state index contributed by atoms with van der Waals surface area (Å²) in [7, 11) is -3.51. The standard InChI is InChI=1S/C15H22NO7P/c1-3-21-24(20,22-4-2)23-10-6-5-9-16-15(19)13-11-12(17)7-8-14(13)18/h7-8,11H,3-6,9-10H2,1-2H3,(H,16,19). The smallest absolute Gasteiger partial charge is 0.352 e. The highest BCUT2D eigenvalue weighted by molar-refractivity contribution is 7.48. The van der Waals surface area contributed by atoms with E-state index < -0.39 is 25.3 Å². The van der Waals surface area contributed by atoms with Gasteiger partial charge in [0.1, 0.15) is 0 Å². The van der Waals surface area contributed by atoms with E-state index in [4.69, 9.17) is 13.6 Å². The van der Waals surface area contributed by atoms with E-state index in [1.54, 1.807) is 13.8 Å². The lowest BCUT2D eigenvalue weighted by atomic mass is 10.0. The fourth-order valence-electron chi connectivity index (χ4n) is 1.82. The molecule has 1 aliphatic carbocycles. The Morgan fingerprint density at radius 3 is 2.38 bits per heavy atom. The summed E-state index contributed by atoms with van der Waals surface area (Å²) in [6.07, 6.45) is 4.25. The zero-order chi connectivity index (χ0) is 18.0. The predicted octanol–water partition coefficient (Wildman–Crippen LogP) is 1.71. The number of nitrogens with one attached hydrogen (secondary N) is 1. The first kappa shape index (κ1) is 20.4. The Morgan fingerprint density at radius 2 is 1.75 bits per heavy atom. The van der Waals surface area contributed by atoms with Crippen LogP contribution in [-0.4, -0.2) is 43.8 Å². The Labute approximate surface area is 140 Å². The number of amides is 1. The van der Waals surface area contributed by atoms with Crippen molar-refractivity contribution in [2.45, 2.75) is 26.7 Å². The molecule has 0 saturated heterocycles. The first-order chi connectivity index (χ1) is 11.4. The Hall–Kier alpha value is -1.60. The fraction of sp³-hybridized carbons (Fsp3) is 0.533. The molecule has 24 heavy (non-hydrogen) atoms. The van der Waals surface area contributed by atoms with Crippen molar-refractivity contribution in [3.05, 3.63) is 23.8 Å². The van der Waals surface area contributed by atoms with Gasteiger partial charge in [-0.2, -0.15) is 0 Å². The van der Waals surface area contributed by atoms with Gasteiger partial charge < -0.3 is 5.32 Å². The van der Waals surface area contributed by atoms with Gasteiger partial charge in [0.25, 0.3) is 5.91 Å². The molecule has 9 heteroatoms. The van der Waals surface area contributed by atoms with E-state index in [2.05, 4.69) is 5.32 Å². The first-order valence-electron chi connectivity index (χ1n) is 7.71. The summed E-state index contributed by atoms with van der Waals surface area (Å²) in [5.41, 5.74) is -0.170. The average Bonchev–Trinajstić information content (AvgIpc) is 2.53. The maximum Gasteiger partial charge on any atom is 0.474 e. The number of unbranched alkanes of at least 4 members (excludes halogenated alkanes) is 1. The lowest BCUT2D eigenvalue weighted by molar-refractivity contribution is -0.122. The fourth-order valence-corrected chi connectivity index (χ4v) is 3.02. The van der Waals surface area contributed by atoms with E-state index in [9.17, 15) is 18.9 Å². The molecular formula is C15H22NO7P. The molecule has 0 saturated carbocycles. The quantitative estimate of drug-likeness (QED) is 0.259. The summed E-state index contributed by atoms with van der Waals surface area (Å²) in [5, 5.41) is 2.55. The van der Waals surface area contributed by atoms with E-state index in [0.29, 0.717) is 12.8 Å². The van der Waals surface area contributed by atoms with E-state index in [1.807, 2.05) is 0 Å². The maximum absolute atomic E-state index is 12.0. The second-order valence-electron chi connectivity index (χ2n) is 4.74. The van der Waals surface area contributed by atoms with E-state index in [1.165, 1.54) is 0 Å². The first-order valence-corrected chi connectivity index (χ1v) is 9.18. The Morgan fingerprint density at radius 1 is 1.08 bits per heavy atom. The van der Waals surface area contributed by atoms with Gasteiger partial charge >= 0.3 is 7.82 Å². The molecule has 1 amide bonds. The monoisotopic (exact) mass is 359 g/mol. The Balaban J connectivity index is 2.26. The normalized spacial score (nSPS) is 14.7. The van der Waals surface area contributed by atoms with Crippen LogP contribution in [0.1, 0.15) is 26.7 Å². The zero-order valence-electron chi connectivity index (χ0n) is 13.8. The predicted molar refractivity (Wildman–Crippen MR) is 86.3 cm³/mol. The molecule has 0 radical (unpaired) electrons. The van der Waals surface area contributed by atoms with Crippen LogP contribution in [0.15, 0.2) is 23.8 Å². The number of phosphoric acid groups is 1. The van der Waals surface area contributed by atoms with Crippen molar-refractivity contribution in [2.24, 2.45) is 0 Å². The summed E-state index contributed by atoms with van der Waals surface area (Å²) in [4.78, 5) is 34.5. The minimum Gasteiger partial charge on any atom is -0.352 e. The van der Waals surface area contributed by atoms with Gasteiger partial charge in [-0.1, -0.05) is 0 Å². The summed E-state index contributed by atoms with van der Waals surface area (Å²) in [6, 6.07) is 0. The zero-order valence-corrected chi connectivity index (χ0v) is 14.7. The topological polar surface area (TPSA) is 108 Å². The second kappa shape index (κ2) is 10.3. The minimum atomic E-state index is -3.51. The van der Waals surface area contributed by atoms with Crippen molar-refractivity contribution < 1.29 is 32.5 Å². The van der Waals surface area contributed by atoms with Gasteiger partial charge in [-0.15, -0.1) is 0 Å². The number of ketones is 2. The van der Waals surface area contributed by atoms with Crippen molar-refractivity contribution in [1.82, 2.24) is 5.32 Å². The molecule has 0 unspecified atom stereocenters. The highest BCUT2D eigenvalue weighted by atomic mass is 31.2. The summed E-state index contributed by atoms with van der Waals surface area (Å²) < 4.78 is 27.1. The van der Waals surface area contributed by atoms with Gasteiger partial charge in [-0.25, -0.2) is 4.57 Å². The lowest BCUT2D eigenvalue weighted by Crippen LogP contribution is -2.30. The molecule has 0 aromatic carbocycles. The molecular weight excluding hydrogens is 337 g/mol. The largest absolute Gasteiger partial charge is 0.474 e. The van der Waals surface area contributed by atoms with Crippen LogP contribution >= 0.6 is 7.82 Å². The average molecular weight is 359 g/mol. The number of carbonyl (C=O) groups is 3. The number of hydrogen-bond acceptors (Lipinski definition) is 7. The van der Waals surface area contributed by atoms with E-state index in [0.717, 1.165) is 18.2 Å². The van der Waals surface area contributed by atoms with Crippen LogP contribution in [0.25, 0.3) is 0 Å². The van der Waals surface area contributed by atoms with Crippen molar-refractivity contribution >= 4 is 25.3 Å². The third-order valence-corrected chi connectivity index (χ3v) is 4.52. The van der Waals surface area contributed by atoms with Crippen LogP contribution in [0, 0.1) is 0 Å². The van der Waals surface area contributed by atoms with E-state index in [-0.39, 0.29) is 31.9 Å². The molecule has 134 valence electrons. The number of rotatable bonds is 11. The van der Waals surface area contributed by atoms with Gasteiger partial charge in [0.05, 0.1) is 25.4 Å². The minimum absolute atomic E-state index is 0.149. The lowest BCUT2D eigenvalue weighted by Gasteiger charge is -2.16. The van der Waals surface area contributed by atoms with Crippen LogP contribution in [-0.2, 0) is 32.5 Å². The Kier molecular flexibility index (Phi) is 8.78. The highest BCUT2D eigenvalue weighted by Crippen LogP contribution is 2.49. The summed E-state index contributed by atoms with van der Waals surface area (Å²) in [5.74, 6) is -1.48. The molecule has 0 fully saturated rings. The van der Waals surface area contributed by atoms with Crippen LogP contribution in [0.2, 0.25) is 0 Å². The molecule has 0 aromatic rings. The summed E-state index contributed by atoms with van der Waals surface area (Å²) in [6.45, 7) is 4.24. The van der Waals surface area contributed by atoms with Gasteiger partial charge in [0, 0.05) is 12.6 Å². The molecule has 0 bridgehead atoms. The molecule has 0 heterocycles. The SMILES string of the molecule is CCOP(=O)(OCC)OCCCCNC(=O)C1=CC(=O)C=CC1=O. The van der Waals surface area contributed by atoms with Crippen molar-refractivity contribution in [1.29, 1.82) is 0 Å². The third-order valence-electron chi connectivity index (χ3n) is 2.88. The van der Waals surface area contributed by atoms with E-state index >= 15 is 0 Å². The molecule has 1 rings (SSSR count). The van der Waals surface area contributed by atoms with Crippen molar-refractivity contribution in [3.8, 4) is 0 Å². The van der Waals surface area contributed by atoms with Crippen LogP contribution < -0.4 is 5.32 Å². The molecule has 1 aliphatic rings. The van der Waals surface area contributed by atoms with Gasteiger partial charge in [-0.3, -0.25) is 28.0 Å². The number of allylic oxidation sites excluding steroid dienone is 3. The van der Waals surface area contributed by atoms with Crippen LogP contribution in [0.5, 0.6) is 0 Å². The van der Waals surface area contributed by atoms with Crippen molar-refractivity contribution in [2.75, 3.05) is 26.4 Å². The molecule has 0 aromatic heterocycles. The highest BCUT2D eigenvalue weighted by Gasteiger charge is 2.24. The van der Waals surface area contributed by atoms with Crippen LogP contribution in [0.4, 0.5) is 0 Å². The number of phosphoric ester groups is 1. The third kappa shape index (κ3) is 6.88. The molecule has 0 aliphatic heterocycles.